The number of ether oxygens (including phenoxy) is 1. The fraction of sp³-hybridized carbons (Fsp3) is 0.250. The molecule has 0 radical (unpaired) electrons. The van der Waals surface area contributed by atoms with Gasteiger partial charge in [-0.1, -0.05) is 11.6 Å². The van der Waals surface area contributed by atoms with E-state index in [9.17, 15) is 4.79 Å². The van der Waals surface area contributed by atoms with E-state index in [0.29, 0.717) is 5.15 Å². The van der Waals surface area contributed by atoms with Crippen LogP contribution in [0.4, 0.5) is 0 Å². The second-order valence-corrected chi connectivity index (χ2v) is 4.24. The lowest BCUT2D eigenvalue weighted by molar-refractivity contribution is 0.0593. The molecule has 0 aliphatic rings. The highest BCUT2D eigenvalue weighted by Gasteiger charge is 2.15. The number of carbonyl (C=O) groups is 1. The zero-order valence-electron chi connectivity index (χ0n) is 10.3. The molecule has 0 saturated heterocycles. The number of hydrogen-bond acceptors (Lipinski definition) is 4. The number of hydrogen-bond donors (Lipinski definition) is 0. The van der Waals surface area contributed by atoms with Crippen molar-refractivity contribution in [3.8, 4) is 11.3 Å². The minimum absolute atomic E-state index is 0.268. The van der Waals surface area contributed by atoms with Gasteiger partial charge in [-0.3, -0.25) is 4.68 Å². The van der Waals surface area contributed by atoms with E-state index in [-0.39, 0.29) is 5.69 Å². The van der Waals surface area contributed by atoms with Gasteiger partial charge in [0.25, 0.3) is 0 Å². The van der Waals surface area contributed by atoms with E-state index in [0.717, 1.165) is 16.8 Å². The van der Waals surface area contributed by atoms with Crippen molar-refractivity contribution in [2.45, 2.75) is 6.92 Å². The summed E-state index contributed by atoms with van der Waals surface area (Å²) in [5, 5.41) is 4.54. The van der Waals surface area contributed by atoms with Crippen molar-refractivity contribution < 1.29 is 9.53 Å². The Hall–Kier alpha value is -1.88. The molecule has 18 heavy (non-hydrogen) atoms. The van der Waals surface area contributed by atoms with Gasteiger partial charge in [0.15, 0.2) is 5.69 Å². The Balaban J connectivity index is 2.51. The summed E-state index contributed by atoms with van der Waals surface area (Å²) in [5.74, 6) is -0.462. The highest BCUT2D eigenvalue weighted by molar-refractivity contribution is 6.29. The zero-order valence-corrected chi connectivity index (χ0v) is 11.0. The highest BCUT2D eigenvalue weighted by atomic mass is 35.5. The first-order chi connectivity index (χ1) is 8.52. The Morgan fingerprint density at radius 1 is 1.44 bits per heavy atom. The summed E-state index contributed by atoms with van der Waals surface area (Å²) in [6.07, 6.45) is 1.66. The van der Waals surface area contributed by atoms with Gasteiger partial charge in [0.05, 0.1) is 12.8 Å². The van der Waals surface area contributed by atoms with Gasteiger partial charge >= 0.3 is 5.97 Å². The summed E-state index contributed by atoms with van der Waals surface area (Å²) < 4.78 is 6.25. The van der Waals surface area contributed by atoms with E-state index in [1.807, 2.05) is 6.92 Å². The first kappa shape index (κ1) is 12.6. The van der Waals surface area contributed by atoms with E-state index in [4.69, 9.17) is 11.6 Å². The van der Waals surface area contributed by atoms with Crippen molar-refractivity contribution in [2.24, 2.45) is 7.05 Å². The van der Waals surface area contributed by atoms with E-state index in [1.54, 1.807) is 30.1 Å². The maximum absolute atomic E-state index is 11.4. The fourth-order valence-corrected chi connectivity index (χ4v) is 1.93. The van der Waals surface area contributed by atoms with Gasteiger partial charge in [-0.2, -0.15) is 5.10 Å². The van der Waals surface area contributed by atoms with Crippen LogP contribution in [0.1, 0.15) is 16.1 Å². The normalized spacial score (nSPS) is 10.4. The van der Waals surface area contributed by atoms with Crippen molar-refractivity contribution in [3.05, 3.63) is 34.7 Å². The Bertz CT molecular complexity index is 607. The lowest BCUT2D eigenvalue weighted by Gasteiger charge is -2.05. The van der Waals surface area contributed by atoms with Crippen LogP contribution in [0.3, 0.4) is 0 Å². The third-order valence-electron chi connectivity index (χ3n) is 2.63. The van der Waals surface area contributed by atoms with Gasteiger partial charge < -0.3 is 4.74 Å². The van der Waals surface area contributed by atoms with E-state index in [1.165, 1.54) is 7.11 Å². The minimum Gasteiger partial charge on any atom is -0.464 e. The van der Waals surface area contributed by atoms with Crippen LogP contribution in [0, 0.1) is 6.92 Å². The van der Waals surface area contributed by atoms with E-state index in [2.05, 4.69) is 14.8 Å². The molecule has 0 unspecified atom stereocenters. The molecule has 94 valence electrons. The monoisotopic (exact) mass is 265 g/mol. The Morgan fingerprint density at radius 2 is 2.17 bits per heavy atom. The molecule has 2 rings (SSSR count). The Morgan fingerprint density at radius 3 is 2.78 bits per heavy atom. The summed E-state index contributed by atoms with van der Waals surface area (Å²) in [7, 11) is 3.08. The number of halogens is 1. The molecule has 0 N–H and O–H groups in total. The fourth-order valence-electron chi connectivity index (χ4n) is 1.71. The highest BCUT2D eigenvalue weighted by Crippen LogP contribution is 2.24. The number of carbonyl (C=O) groups excluding carboxylic acids is 1. The molecule has 2 aromatic rings. The van der Waals surface area contributed by atoms with Crippen molar-refractivity contribution in [2.75, 3.05) is 7.11 Å². The molecule has 0 aliphatic carbocycles. The van der Waals surface area contributed by atoms with Crippen LogP contribution in [0.5, 0.6) is 0 Å². The maximum Gasteiger partial charge on any atom is 0.358 e. The average molecular weight is 266 g/mol. The Kier molecular flexibility index (Phi) is 3.34. The molecule has 0 aliphatic heterocycles. The lowest BCUT2D eigenvalue weighted by Crippen LogP contribution is -2.03. The molecule has 0 bridgehead atoms. The largest absolute Gasteiger partial charge is 0.464 e. The zero-order chi connectivity index (χ0) is 13.3. The first-order valence-corrected chi connectivity index (χ1v) is 5.65. The summed E-state index contributed by atoms with van der Waals surface area (Å²) >= 11 is 5.81. The summed E-state index contributed by atoms with van der Waals surface area (Å²) in [6, 6.07) is 3.44. The molecule has 0 atom stereocenters. The average Bonchev–Trinajstić information content (AvgIpc) is 2.70. The van der Waals surface area contributed by atoms with Gasteiger partial charge in [-0.25, -0.2) is 9.78 Å². The van der Waals surface area contributed by atoms with E-state index < -0.39 is 5.97 Å². The predicted molar refractivity (Wildman–Crippen MR) is 67.5 cm³/mol. The Labute approximate surface area is 109 Å². The molecule has 2 aromatic heterocycles. The standard InChI is InChI=1S/C12H12ClN3O2/c1-7-4-11(13)14-6-8(7)10-5-9(12(17)18-3)15-16(10)2/h4-6H,1-3H3. The molecule has 0 spiro atoms. The summed E-state index contributed by atoms with van der Waals surface area (Å²) in [6.45, 7) is 1.92. The first-order valence-electron chi connectivity index (χ1n) is 5.28. The maximum atomic E-state index is 11.4. The lowest BCUT2D eigenvalue weighted by atomic mass is 10.1. The van der Waals surface area contributed by atoms with Crippen LogP contribution < -0.4 is 0 Å². The molecule has 0 fully saturated rings. The summed E-state index contributed by atoms with van der Waals surface area (Å²) in [4.78, 5) is 15.5. The molecular formula is C12H12ClN3O2. The minimum atomic E-state index is -0.462. The van der Waals surface area contributed by atoms with Crippen LogP contribution in [-0.4, -0.2) is 27.8 Å². The van der Waals surface area contributed by atoms with Crippen LogP contribution >= 0.6 is 11.6 Å². The van der Waals surface area contributed by atoms with Crippen molar-refractivity contribution >= 4 is 17.6 Å². The number of methoxy groups -OCH3 is 1. The van der Waals surface area contributed by atoms with Gasteiger partial charge in [-0.15, -0.1) is 0 Å². The smallest absolute Gasteiger partial charge is 0.358 e. The molecule has 0 aromatic carbocycles. The SMILES string of the molecule is COC(=O)c1cc(-c2cnc(Cl)cc2C)n(C)n1. The van der Waals surface area contributed by atoms with Crippen molar-refractivity contribution in [3.63, 3.8) is 0 Å². The van der Waals surface area contributed by atoms with Crippen molar-refractivity contribution in [1.29, 1.82) is 0 Å². The second kappa shape index (κ2) is 4.78. The van der Waals surface area contributed by atoms with Crippen LogP contribution in [0.25, 0.3) is 11.3 Å². The third-order valence-corrected chi connectivity index (χ3v) is 2.83. The number of nitrogens with zero attached hydrogens (tertiary/aromatic N) is 3. The molecule has 6 heteroatoms. The second-order valence-electron chi connectivity index (χ2n) is 3.85. The number of aromatic nitrogens is 3. The number of aryl methyl sites for hydroxylation is 2. The van der Waals surface area contributed by atoms with Crippen molar-refractivity contribution in [1.82, 2.24) is 14.8 Å². The van der Waals surface area contributed by atoms with Crippen LogP contribution in [0.2, 0.25) is 5.15 Å². The summed E-state index contributed by atoms with van der Waals surface area (Å²) in [5.41, 5.74) is 2.90. The third kappa shape index (κ3) is 2.22. The van der Waals surface area contributed by atoms with E-state index >= 15 is 0 Å². The predicted octanol–water partition coefficient (Wildman–Crippen LogP) is 2.23. The topological polar surface area (TPSA) is 57.0 Å². The van der Waals surface area contributed by atoms with Crippen LogP contribution in [0.15, 0.2) is 18.3 Å². The number of rotatable bonds is 2. The number of pyridine rings is 1. The molecule has 0 saturated carbocycles. The van der Waals surface area contributed by atoms with Gasteiger partial charge in [0.2, 0.25) is 0 Å². The van der Waals surface area contributed by atoms with Gasteiger partial charge in [0, 0.05) is 18.8 Å². The van der Waals surface area contributed by atoms with Gasteiger partial charge in [0.1, 0.15) is 5.15 Å². The quantitative estimate of drug-likeness (QED) is 0.617. The molecule has 2 heterocycles. The van der Waals surface area contributed by atoms with Gasteiger partial charge in [-0.05, 0) is 24.6 Å². The molecule has 5 nitrogen and oxygen atoms in total. The molecular weight excluding hydrogens is 254 g/mol. The molecule has 0 amide bonds. The number of esters is 1. The van der Waals surface area contributed by atoms with Crippen LogP contribution in [-0.2, 0) is 11.8 Å².